The van der Waals surface area contributed by atoms with Gasteiger partial charge in [-0.25, -0.2) is 12.7 Å². The van der Waals surface area contributed by atoms with Crippen LogP contribution in [0, 0.1) is 13.8 Å². The van der Waals surface area contributed by atoms with Gasteiger partial charge in [0.1, 0.15) is 5.75 Å². The van der Waals surface area contributed by atoms with E-state index in [1.165, 1.54) is 12.1 Å². The van der Waals surface area contributed by atoms with Crippen molar-refractivity contribution >= 4 is 21.6 Å². The number of amides is 1. The monoisotopic (exact) mass is 479 g/mol. The van der Waals surface area contributed by atoms with E-state index >= 15 is 0 Å². The van der Waals surface area contributed by atoms with Gasteiger partial charge in [0.25, 0.3) is 10.0 Å². The number of benzene rings is 3. The summed E-state index contributed by atoms with van der Waals surface area (Å²) >= 11 is 0. The summed E-state index contributed by atoms with van der Waals surface area (Å²) in [7, 11) is -4.04. The van der Waals surface area contributed by atoms with Gasteiger partial charge >= 0.3 is 0 Å². The second-order valence-corrected chi connectivity index (χ2v) is 10.3. The van der Waals surface area contributed by atoms with Gasteiger partial charge in [0.2, 0.25) is 5.91 Å². The van der Waals surface area contributed by atoms with Gasteiger partial charge in [-0.05, 0) is 74.6 Å². The number of hydrogen-bond donors (Lipinski definition) is 0. The van der Waals surface area contributed by atoms with Crippen molar-refractivity contribution in [2.75, 3.05) is 10.9 Å². The molecule has 3 rings (SSSR count). The molecule has 0 unspecified atom stereocenters. The lowest BCUT2D eigenvalue weighted by Gasteiger charge is -2.23. The molecule has 0 aliphatic heterocycles. The Hall–Kier alpha value is -3.12. The summed E-state index contributed by atoms with van der Waals surface area (Å²) < 4.78 is 33.6. The number of carbonyl (C=O) groups is 1. The molecular formula is C28H33NO4S. The van der Waals surface area contributed by atoms with Gasteiger partial charge in [0, 0.05) is 6.42 Å². The number of hydrogen-bond acceptors (Lipinski definition) is 4. The van der Waals surface area contributed by atoms with E-state index < -0.39 is 15.9 Å². The lowest BCUT2D eigenvalue weighted by Crippen LogP contribution is -2.37. The number of rotatable bonds is 11. The van der Waals surface area contributed by atoms with Crippen LogP contribution in [0.3, 0.4) is 0 Å². The molecule has 0 bridgehead atoms. The predicted molar refractivity (Wildman–Crippen MR) is 137 cm³/mol. The molecule has 0 atom stereocenters. The first kappa shape index (κ1) is 25.5. The van der Waals surface area contributed by atoms with Crippen molar-refractivity contribution in [3.63, 3.8) is 0 Å². The van der Waals surface area contributed by atoms with Crippen LogP contribution < -0.4 is 9.04 Å². The molecule has 0 heterocycles. The van der Waals surface area contributed by atoms with Crippen LogP contribution in [0.25, 0.3) is 0 Å². The molecule has 0 aliphatic rings. The summed E-state index contributed by atoms with van der Waals surface area (Å²) in [6.07, 6.45) is 3.52. The van der Waals surface area contributed by atoms with Crippen LogP contribution in [0.4, 0.5) is 5.69 Å². The van der Waals surface area contributed by atoms with Crippen LogP contribution in [0.15, 0.2) is 77.7 Å². The summed E-state index contributed by atoms with van der Waals surface area (Å²) in [5.74, 6) is 0.295. The Kier molecular flexibility index (Phi) is 8.88. The number of carbonyl (C=O) groups excluding carboxylic acids is 1. The van der Waals surface area contributed by atoms with Crippen LogP contribution in [-0.4, -0.2) is 20.9 Å². The molecule has 3 aromatic carbocycles. The maximum Gasteiger partial charge on any atom is 0.270 e. The lowest BCUT2D eigenvalue weighted by molar-refractivity contribution is -0.117. The first-order valence-corrected chi connectivity index (χ1v) is 13.2. The van der Waals surface area contributed by atoms with Crippen molar-refractivity contribution in [2.45, 2.75) is 57.8 Å². The molecule has 0 aliphatic carbocycles. The van der Waals surface area contributed by atoms with Gasteiger partial charge in [-0.3, -0.25) is 4.79 Å². The second-order valence-electron chi connectivity index (χ2n) is 8.47. The predicted octanol–water partition coefficient (Wildman–Crippen LogP) is 6.23. The number of unbranched alkanes of at least 4 members (excludes halogenated alkanes) is 1. The van der Waals surface area contributed by atoms with Crippen molar-refractivity contribution in [3.8, 4) is 5.75 Å². The minimum absolute atomic E-state index is 0.0502. The SMILES string of the molecule is CCCCc1ccc(N(C(=O)CCCOc2ccc(C)cc2C)S(=O)(=O)c2ccccc2)cc1. The fourth-order valence-corrected chi connectivity index (χ4v) is 5.23. The zero-order chi connectivity index (χ0) is 24.6. The quantitative estimate of drug-likeness (QED) is 0.306. The van der Waals surface area contributed by atoms with Gasteiger partial charge in [-0.2, -0.15) is 0 Å². The van der Waals surface area contributed by atoms with Crippen LogP contribution in [0.2, 0.25) is 0 Å². The maximum atomic E-state index is 13.4. The van der Waals surface area contributed by atoms with E-state index in [0.717, 1.165) is 46.0 Å². The van der Waals surface area contributed by atoms with Crippen molar-refractivity contribution in [1.82, 2.24) is 0 Å². The minimum Gasteiger partial charge on any atom is -0.493 e. The first-order chi connectivity index (χ1) is 16.3. The van der Waals surface area contributed by atoms with Gasteiger partial charge in [-0.1, -0.05) is 61.4 Å². The molecule has 6 heteroatoms. The average Bonchev–Trinajstić information content (AvgIpc) is 2.83. The number of anilines is 1. The molecule has 0 fully saturated rings. The van der Waals surface area contributed by atoms with Crippen LogP contribution in [0.1, 0.15) is 49.3 Å². The highest BCUT2D eigenvalue weighted by Crippen LogP contribution is 2.26. The van der Waals surface area contributed by atoms with E-state index in [1.54, 1.807) is 30.3 Å². The number of ether oxygens (including phenoxy) is 1. The molecule has 0 spiro atoms. The second kappa shape index (κ2) is 11.8. The van der Waals surface area contributed by atoms with E-state index in [2.05, 4.69) is 6.92 Å². The molecule has 1 amide bonds. The van der Waals surface area contributed by atoms with Crippen molar-refractivity contribution < 1.29 is 17.9 Å². The van der Waals surface area contributed by atoms with Crippen molar-refractivity contribution in [2.24, 2.45) is 0 Å². The largest absolute Gasteiger partial charge is 0.493 e. The number of sulfonamides is 1. The smallest absolute Gasteiger partial charge is 0.270 e. The number of nitrogens with zero attached hydrogens (tertiary/aromatic N) is 1. The maximum absolute atomic E-state index is 13.4. The summed E-state index contributed by atoms with van der Waals surface area (Å²) in [6, 6.07) is 21.2. The Morgan fingerprint density at radius 1 is 0.912 bits per heavy atom. The molecule has 0 saturated heterocycles. The molecule has 34 heavy (non-hydrogen) atoms. The highest BCUT2D eigenvalue weighted by Gasteiger charge is 2.30. The van der Waals surface area contributed by atoms with Crippen LogP contribution >= 0.6 is 0 Å². The third kappa shape index (κ3) is 6.48. The standard InChI is InChI=1S/C28H33NO4S/c1-4-5-10-24-15-17-25(18-16-24)29(34(31,32)26-11-7-6-8-12-26)28(30)13-9-20-33-27-19-14-22(2)21-23(27)3/h6-8,11-12,14-19,21H,4-5,9-10,13,20H2,1-3H3. The zero-order valence-electron chi connectivity index (χ0n) is 20.2. The van der Waals surface area contributed by atoms with Gasteiger partial charge in [-0.15, -0.1) is 0 Å². The van der Waals surface area contributed by atoms with E-state index in [1.807, 2.05) is 44.2 Å². The zero-order valence-corrected chi connectivity index (χ0v) is 21.0. The third-order valence-electron chi connectivity index (χ3n) is 5.62. The Morgan fingerprint density at radius 3 is 2.26 bits per heavy atom. The summed E-state index contributed by atoms with van der Waals surface area (Å²) in [5, 5.41) is 0. The minimum atomic E-state index is -4.04. The van der Waals surface area contributed by atoms with Crippen LogP contribution in [-0.2, 0) is 21.2 Å². The molecule has 3 aromatic rings. The molecule has 180 valence electrons. The van der Waals surface area contributed by atoms with E-state index in [-0.39, 0.29) is 11.3 Å². The molecule has 0 aromatic heterocycles. The molecule has 0 saturated carbocycles. The topological polar surface area (TPSA) is 63.7 Å². The summed E-state index contributed by atoms with van der Waals surface area (Å²) in [5.41, 5.74) is 3.66. The van der Waals surface area contributed by atoms with Gasteiger partial charge in [0.15, 0.2) is 0 Å². The Bertz CT molecular complexity index is 1190. The Balaban J connectivity index is 1.76. The molecule has 0 radical (unpaired) electrons. The van der Waals surface area contributed by atoms with E-state index in [4.69, 9.17) is 4.74 Å². The van der Waals surface area contributed by atoms with Gasteiger partial charge < -0.3 is 4.74 Å². The number of aryl methyl sites for hydroxylation is 3. The fraction of sp³-hybridized carbons (Fsp3) is 0.321. The Morgan fingerprint density at radius 2 is 1.62 bits per heavy atom. The summed E-state index contributed by atoms with van der Waals surface area (Å²) in [4.78, 5) is 13.3. The summed E-state index contributed by atoms with van der Waals surface area (Å²) in [6.45, 7) is 6.45. The highest BCUT2D eigenvalue weighted by molar-refractivity contribution is 7.93. The Labute approximate surface area is 203 Å². The lowest BCUT2D eigenvalue weighted by atomic mass is 10.1. The van der Waals surface area contributed by atoms with E-state index in [9.17, 15) is 13.2 Å². The fourth-order valence-electron chi connectivity index (χ4n) is 3.76. The van der Waals surface area contributed by atoms with Crippen LogP contribution in [0.5, 0.6) is 5.75 Å². The van der Waals surface area contributed by atoms with Gasteiger partial charge in [0.05, 0.1) is 17.2 Å². The third-order valence-corrected chi connectivity index (χ3v) is 7.38. The average molecular weight is 480 g/mol. The highest BCUT2D eigenvalue weighted by atomic mass is 32.2. The van der Waals surface area contributed by atoms with Crippen molar-refractivity contribution in [1.29, 1.82) is 0 Å². The normalized spacial score (nSPS) is 11.3. The molecular weight excluding hydrogens is 446 g/mol. The molecule has 5 nitrogen and oxygen atoms in total. The van der Waals surface area contributed by atoms with E-state index in [0.29, 0.717) is 18.7 Å². The first-order valence-electron chi connectivity index (χ1n) is 11.7. The van der Waals surface area contributed by atoms with Crippen molar-refractivity contribution in [3.05, 3.63) is 89.5 Å². The molecule has 0 N–H and O–H groups in total.